The molecule has 3 aliphatic rings. The van der Waals surface area contributed by atoms with Crippen LogP contribution >= 0.6 is 11.3 Å². The molecule has 2 amide bonds. The van der Waals surface area contributed by atoms with Gasteiger partial charge in [0, 0.05) is 50.6 Å². The summed E-state index contributed by atoms with van der Waals surface area (Å²) in [6, 6.07) is 9.75. The van der Waals surface area contributed by atoms with Gasteiger partial charge in [0.1, 0.15) is 4.21 Å². The van der Waals surface area contributed by atoms with E-state index in [1.807, 2.05) is 17.0 Å². The Labute approximate surface area is 199 Å². The van der Waals surface area contributed by atoms with E-state index in [2.05, 4.69) is 12.1 Å². The van der Waals surface area contributed by atoms with E-state index in [-0.39, 0.29) is 21.9 Å². The summed E-state index contributed by atoms with van der Waals surface area (Å²) in [4.78, 5) is 29.4. The molecule has 2 saturated heterocycles. The molecule has 1 aromatic carbocycles. The van der Waals surface area contributed by atoms with Crippen molar-refractivity contribution in [1.82, 2.24) is 14.1 Å². The van der Waals surface area contributed by atoms with Crippen molar-refractivity contribution in [3.8, 4) is 0 Å². The van der Waals surface area contributed by atoms with Crippen molar-refractivity contribution in [1.29, 1.82) is 0 Å². The number of thiophene rings is 1. The monoisotopic (exact) mass is 487 g/mol. The van der Waals surface area contributed by atoms with Gasteiger partial charge in [-0.05, 0) is 49.3 Å². The van der Waals surface area contributed by atoms with Gasteiger partial charge in [-0.15, -0.1) is 11.3 Å². The van der Waals surface area contributed by atoms with Crippen LogP contribution in [0.15, 0.2) is 39.9 Å². The fourth-order valence-corrected chi connectivity index (χ4v) is 7.86. The molecule has 0 unspecified atom stereocenters. The van der Waals surface area contributed by atoms with Crippen LogP contribution in [0.25, 0.3) is 0 Å². The van der Waals surface area contributed by atoms with Crippen molar-refractivity contribution in [2.75, 3.05) is 32.7 Å². The zero-order valence-corrected chi connectivity index (χ0v) is 20.2. The lowest BCUT2D eigenvalue weighted by Crippen LogP contribution is -2.45. The molecule has 0 spiro atoms. The Hall–Kier alpha value is -2.23. The van der Waals surface area contributed by atoms with Crippen molar-refractivity contribution in [3.05, 3.63) is 52.4 Å². The third-order valence-corrected chi connectivity index (χ3v) is 10.4. The maximum Gasteiger partial charge on any atom is 0.254 e. The van der Waals surface area contributed by atoms with Crippen LogP contribution in [-0.4, -0.2) is 67.1 Å². The molecule has 5 rings (SSSR count). The number of hydrogen-bond donors (Lipinski definition) is 0. The van der Waals surface area contributed by atoms with E-state index in [1.165, 1.54) is 21.5 Å². The Morgan fingerprint density at radius 1 is 0.909 bits per heavy atom. The standard InChI is InChI=1S/C24H29N3O4S2/c28-23(26-12-7-18-5-1-2-6-20(18)16-26)19-8-13-27(14-9-19)33(30,31)22-15-21(17-32-22)24(29)25-10-3-4-11-25/h1-2,5-6,15,17,19H,3-4,7-14,16H2. The molecule has 0 N–H and O–H groups in total. The van der Waals surface area contributed by atoms with Crippen LogP contribution in [-0.2, 0) is 27.8 Å². The second kappa shape index (κ2) is 9.19. The van der Waals surface area contributed by atoms with E-state index in [1.54, 1.807) is 10.3 Å². The first-order valence-corrected chi connectivity index (χ1v) is 14.0. The maximum atomic E-state index is 13.2. The van der Waals surface area contributed by atoms with Gasteiger partial charge >= 0.3 is 0 Å². The number of sulfonamides is 1. The second-order valence-corrected chi connectivity index (χ2v) is 12.2. The lowest BCUT2D eigenvalue weighted by Gasteiger charge is -2.35. The molecule has 7 nitrogen and oxygen atoms in total. The minimum absolute atomic E-state index is 0.0855. The zero-order chi connectivity index (χ0) is 23.0. The Bertz CT molecular complexity index is 1150. The zero-order valence-electron chi connectivity index (χ0n) is 18.6. The number of nitrogens with zero attached hydrogens (tertiary/aromatic N) is 3. The molecule has 0 aliphatic carbocycles. The van der Waals surface area contributed by atoms with Crippen molar-refractivity contribution in [2.45, 2.75) is 42.9 Å². The van der Waals surface area contributed by atoms with Crippen LogP contribution in [0.3, 0.4) is 0 Å². The van der Waals surface area contributed by atoms with Gasteiger partial charge in [-0.3, -0.25) is 9.59 Å². The van der Waals surface area contributed by atoms with Gasteiger partial charge in [0.25, 0.3) is 15.9 Å². The van der Waals surface area contributed by atoms with E-state index < -0.39 is 10.0 Å². The van der Waals surface area contributed by atoms with Crippen LogP contribution < -0.4 is 0 Å². The molecule has 0 atom stereocenters. The van der Waals surface area contributed by atoms with Crippen molar-refractivity contribution in [3.63, 3.8) is 0 Å². The lowest BCUT2D eigenvalue weighted by atomic mass is 9.94. The van der Waals surface area contributed by atoms with Gasteiger partial charge in [-0.25, -0.2) is 8.42 Å². The fraction of sp³-hybridized carbons (Fsp3) is 0.500. The first-order valence-electron chi connectivity index (χ1n) is 11.7. The van der Waals surface area contributed by atoms with E-state index in [9.17, 15) is 18.0 Å². The molecule has 2 aromatic rings. The molecule has 0 radical (unpaired) electrons. The first kappa shape index (κ1) is 22.6. The van der Waals surface area contributed by atoms with Crippen molar-refractivity contribution in [2.24, 2.45) is 5.92 Å². The Balaban J connectivity index is 1.20. The highest BCUT2D eigenvalue weighted by Gasteiger charge is 2.35. The van der Waals surface area contributed by atoms with Crippen LogP contribution in [0.2, 0.25) is 0 Å². The number of carbonyl (C=O) groups is 2. The molecular weight excluding hydrogens is 458 g/mol. The highest BCUT2D eigenvalue weighted by molar-refractivity contribution is 7.91. The molecule has 0 saturated carbocycles. The average Bonchev–Trinajstić information content (AvgIpc) is 3.56. The number of piperidine rings is 1. The van der Waals surface area contributed by atoms with E-state index in [0.717, 1.165) is 50.2 Å². The molecular formula is C24H29N3O4S2. The number of amides is 2. The molecule has 1 aromatic heterocycles. The third-order valence-electron chi connectivity index (χ3n) is 7.06. The minimum Gasteiger partial charge on any atom is -0.339 e. The fourth-order valence-electron chi connectivity index (χ4n) is 5.08. The van der Waals surface area contributed by atoms with Crippen LogP contribution in [0.1, 0.15) is 47.2 Å². The van der Waals surface area contributed by atoms with Crippen LogP contribution in [0, 0.1) is 5.92 Å². The van der Waals surface area contributed by atoms with Gasteiger partial charge in [0.05, 0.1) is 5.56 Å². The Morgan fingerprint density at radius 2 is 1.61 bits per heavy atom. The van der Waals surface area contributed by atoms with Crippen LogP contribution in [0.5, 0.6) is 0 Å². The molecule has 2 fully saturated rings. The summed E-state index contributed by atoms with van der Waals surface area (Å²) in [5.74, 6) is -0.0915. The number of likely N-dealkylation sites (tertiary alicyclic amines) is 1. The van der Waals surface area contributed by atoms with Gasteiger partial charge in [0.2, 0.25) is 5.91 Å². The van der Waals surface area contributed by atoms with Crippen molar-refractivity contribution < 1.29 is 18.0 Å². The summed E-state index contributed by atoms with van der Waals surface area (Å²) < 4.78 is 28.0. The van der Waals surface area contributed by atoms with Gasteiger partial charge in [0.15, 0.2) is 0 Å². The van der Waals surface area contributed by atoms with Gasteiger partial charge in [-0.2, -0.15) is 4.31 Å². The Morgan fingerprint density at radius 3 is 2.33 bits per heavy atom. The number of hydrogen-bond acceptors (Lipinski definition) is 5. The van der Waals surface area contributed by atoms with Crippen molar-refractivity contribution >= 4 is 33.2 Å². The normalized spacial score (nSPS) is 20.1. The smallest absolute Gasteiger partial charge is 0.254 e. The largest absolute Gasteiger partial charge is 0.339 e. The Kier molecular flexibility index (Phi) is 6.28. The highest BCUT2D eigenvalue weighted by Crippen LogP contribution is 2.30. The summed E-state index contributed by atoms with van der Waals surface area (Å²) in [7, 11) is -3.66. The SMILES string of the molecule is O=C(c1csc(S(=O)(=O)N2CCC(C(=O)N3CCc4ccccc4C3)CC2)c1)N1CCCC1. The quantitative estimate of drug-likeness (QED) is 0.664. The second-order valence-electron chi connectivity index (χ2n) is 9.11. The molecule has 33 heavy (non-hydrogen) atoms. The average molecular weight is 488 g/mol. The maximum absolute atomic E-state index is 13.2. The number of carbonyl (C=O) groups excluding carboxylic acids is 2. The van der Waals surface area contributed by atoms with E-state index >= 15 is 0 Å². The minimum atomic E-state index is -3.66. The summed E-state index contributed by atoms with van der Waals surface area (Å²) in [5.41, 5.74) is 2.96. The third kappa shape index (κ3) is 4.46. The van der Waals surface area contributed by atoms with Gasteiger partial charge in [-0.1, -0.05) is 24.3 Å². The van der Waals surface area contributed by atoms with Crippen LogP contribution in [0.4, 0.5) is 0 Å². The summed E-state index contributed by atoms with van der Waals surface area (Å²) >= 11 is 1.11. The summed E-state index contributed by atoms with van der Waals surface area (Å²) in [6.45, 7) is 3.49. The molecule has 9 heteroatoms. The summed E-state index contributed by atoms with van der Waals surface area (Å²) in [5, 5.41) is 1.65. The molecule has 0 bridgehead atoms. The van der Waals surface area contributed by atoms with E-state index in [4.69, 9.17) is 0 Å². The highest BCUT2D eigenvalue weighted by atomic mass is 32.2. The number of benzene rings is 1. The van der Waals surface area contributed by atoms with Gasteiger partial charge < -0.3 is 9.80 Å². The predicted octanol–water partition coefficient (Wildman–Crippen LogP) is 2.97. The first-order chi connectivity index (χ1) is 15.9. The number of rotatable bonds is 4. The molecule has 4 heterocycles. The predicted molar refractivity (Wildman–Crippen MR) is 127 cm³/mol. The molecule has 176 valence electrons. The van der Waals surface area contributed by atoms with E-state index in [0.29, 0.717) is 38.0 Å². The lowest BCUT2D eigenvalue weighted by molar-refractivity contribution is -0.137. The molecule has 3 aliphatic heterocycles. The topological polar surface area (TPSA) is 78.0 Å². The number of fused-ring (bicyclic) bond motifs is 1. The summed E-state index contributed by atoms with van der Waals surface area (Å²) in [6.07, 6.45) is 3.92.